The highest BCUT2D eigenvalue weighted by atomic mass is 32.1. The van der Waals surface area contributed by atoms with Gasteiger partial charge in [-0.2, -0.15) is 0 Å². The fraction of sp³-hybridized carbons (Fsp3) is 0.870. The molecule has 3 saturated carbocycles. The fourth-order valence-electron chi connectivity index (χ4n) is 6.90. The van der Waals surface area contributed by atoms with E-state index in [1.165, 1.54) is 24.8 Å². The Labute approximate surface area is 176 Å². The van der Waals surface area contributed by atoms with E-state index in [9.17, 15) is 10.2 Å². The van der Waals surface area contributed by atoms with Crippen LogP contribution in [0.4, 0.5) is 0 Å². The molecule has 0 aromatic rings. The zero-order valence-electron chi connectivity index (χ0n) is 18.0. The summed E-state index contributed by atoms with van der Waals surface area (Å²) >= 11 is 5.46. The topological polar surface area (TPSA) is 64.5 Å². The van der Waals surface area contributed by atoms with Gasteiger partial charge in [0.1, 0.15) is 0 Å². The summed E-state index contributed by atoms with van der Waals surface area (Å²) in [6.45, 7) is 13.2. The molecule has 0 aromatic carbocycles. The minimum absolute atomic E-state index is 0.0748. The van der Waals surface area contributed by atoms with Gasteiger partial charge >= 0.3 is 0 Å². The van der Waals surface area contributed by atoms with E-state index in [0.717, 1.165) is 43.9 Å². The van der Waals surface area contributed by atoms with Gasteiger partial charge in [0.25, 0.3) is 0 Å². The first kappa shape index (κ1) is 22.0. The van der Waals surface area contributed by atoms with Crippen LogP contribution in [0.15, 0.2) is 12.2 Å². The van der Waals surface area contributed by atoms with Gasteiger partial charge in [0.15, 0.2) is 5.11 Å². The predicted octanol–water partition coefficient (Wildman–Crippen LogP) is 3.63. The molecule has 0 heterocycles. The van der Waals surface area contributed by atoms with E-state index in [0.29, 0.717) is 17.8 Å². The molecule has 160 valence electrons. The van der Waals surface area contributed by atoms with Crippen LogP contribution >= 0.6 is 12.2 Å². The van der Waals surface area contributed by atoms with E-state index in [1.54, 1.807) is 0 Å². The number of hydrogen-bond donors (Lipinski definition) is 4. The maximum absolute atomic E-state index is 10.2. The average molecular weight is 409 g/mol. The SMILES string of the molecule is C=C1CC[C@H]2[C@H](CNC(=S)NCC)[C@@H]([C@@]3(C)CC[C@H](O)C[C@@H]3CO)CC[C@]12C. The summed E-state index contributed by atoms with van der Waals surface area (Å²) in [5, 5.41) is 27.8. The lowest BCUT2D eigenvalue weighted by Crippen LogP contribution is -2.54. The number of rotatable bonds is 5. The fourth-order valence-corrected chi connectivity index (χ4v) is 7.13. The van der Waals surface area contributed by atoms with E-state index >= 15 is 0 Å². The molecular weight excluding hydrogens is 368 g/mol. The van der Waals surface area contributed by atoms with E-state index in [2.05, 4.69) is 38.0 Å². The van der Waals surface area contributed by atoms with E-state index in [-0.39, 0.29) is 29.5 Å². The number of hydrogen-bond acceptors (Lipinski definition) is 3. The minimum Gasteiger partial charge on any atom is -0.396 e. The monoisotopic (exact) mass is 408 g/mol. The van der Waals surface area contributed by atoms with Crippen molar-refractivity contribution in [2.24, 2.45) is 34.5 Å². The molecule has 0 spiro atoms. The molecule has 3 aliphatic rings. The van der Waals surface area contributed by atoms with Crippen LogP contribution < -0.4 is 10.6 Å². The van der Waals surface area contributed by atoms with Gasteiger partial charge in [0, 0.05) is 19.7 Å². The van der Waals surface area contributed by atoms with Crippen LogP contribution in [0.1, 0.15) is 65.7 Å². The molecule has 0 aliphatic heterocycles. The summed E-state index contributed by atoms with van der Waals surface area (Å²) in [5.41, 5.74) is 1.74. The standard InChI is InChI=1S/C23H40N2O2S/c1-5-24-21(28)25-13-18-19-7-6-15(2)22(19,3)11-9-20(18)23(4)10-8-17(27)12-16(23)14-26/h16-20,26-27H,2,5-14H2,1,3-4H3,(H2,24,25,28)/t16-,17+,18+,19+,20+,22-,23+/m1/s1. The van der Waals surface area contributed by atoms with Gasteiger partial charge in [-0.1, -0.05) is 26.0 Å². The van der Waals surface area contributed by atoms with Crippen LogP contribution in [0.5, 0.6) is 0 Å². The molecule has 28 heavy (non-hydrogen) atoms. The van der Waals surface area contributed by atoms with Crippen molar-refractivity contribution in [1.82, 2.24) is 10.6 Å². The second-order valence-corrected chi connectivity index (χ2v) is 10.4. The van der Waals surface area contributed by atoms with Crippen LogP contribution in [0, 0.1) is 34.5 Å². The number of thiocarbonyl (C=S) groups is 1. The van der Waals surface area contributed by atoms with Crippen LogP contribution in [-0.2, 0) is 0 Å². The third-order valence-electron chi connectivity index (χ3n) is 8.80. The Hall–Kier alpha value is -0.650. The van der Waals surface area contributed by atoms with Gasteiger partial charge in [0.05, 0.1) is 6.10 Å². The maximum atomic E-state index is 10.2. The van der Waals surface area contributed by atoms with Gasteiger partial charge < -0.3 is 20.8 Å². The maximum Gasteiger partial charge on any atom is 0.166 e. The smallest absolute Gasteiger partial charge is 0.166 e. The number of allylic oxidation sites excluding steroid dienone is 1. The predicted molar refractivity (Wildman–Crippen MR) is 119 cm³/mol. The Morgan fingerprint density at radius 2 is 1.93 bits per heavy atom. The van der Waals surface area contributed by atoms with Crippen molar-refractivity contribution in [1.29, 1.82) is 0 Å². The van der Waals surface area contributed by atoms with E-state index < -0.39 is 0 Å². The zero-order valence-corrected chi connectivity index (χ0v) is 18.8. The molecule has 3 rings (SSSR count). The number of aliphatic hydroxyl groups is 2. The lowest BCUT2D eigenvalue weighted by atomic mass is 9.49. The molecule has 5 heteroatoms. The van der Waals surface area contributed by atoms with Gasteiger partial charge in [-0.15, -0.1) is 0 Å². The molecule has 4 nitrogen and oxygen atoms in total. The van der Waals surface area contributed by atoms with Crippen molar-refractivity contribution in [2.45, 2.75) is 71.8 Å². The highest BCUT2D eigenvalue weighted by molar-refractivity contribution is 7.80. The summed E-state index contributed by atoms with van der Waals surface area (Å²) < 4.78 is 0. The van der Waals surface area contributed by atoms with Crippen LogP contribution in [-0.4, -0.2) is 41.1 Å². The van der Waals surface area contributed by atoms with Gasteiger partial charge in [0.2, 0.25) is 0 Å². The summed E-state index contributed by atoms with van der Waals surface area (Å²) in [6.07, 6.45) is 7.06. The van der Waals surface area contributed by atoms with Crippen LogP contribution in [0.2, 0.25) is 0 Å². The van der Waals surface area contributed by atoms with Crippen molar-refractivity contribution in [3.05, 3.63) is 12.2 Å². The second-order valence-electron chi connectivity index (χ2n) is 10.0. The van der Waals surface area contributed by atoms with Crippen molar-refractivity contribution >= 4 is 17.3 Å². The first-order chi connectivity index (χ1) is 13.3. The Balaban J connectivity index is 1.87. The Bertz CT molecular complexity index is 597. The molecule has 3 fully saturated rings. The van der Waals surface area contributed by atoms with E-state index in [4.69, 9.17) is 12.2 Å². The first-order valence-corrected chi connectivity index (χ1v) is 11.7. The molecule has 0 unspecified atom stereocenters. The van der Waals surface area contributed by atoms with E-state index in [1.807, 2.05) is 0 Å². The van der Waals surface area contributed by atoms with Gasteiger partial charge in [-0.25, -0.2) is 0 Å². The Morgan fingerprint density at radius 3 is 2.61 bits per heavy atom. The quantitative estimate of drug-likeness (QED) is 0.413. The molecule has 0 radical (unpaired) electrons. The van der Waals surface area contributed by atoms with Crippen molar-refractivity contribution < 1.29 is 10.2 Å². The molecule has 4 N–H and O–H groups in total. The third kappa shape index (κ3) is 3.87. The summed E-state index contributed by atoms with van der Waals surface area (Å²) in [6, 6.07) is 0. The first-order valence-electron chi connectivity index (χ1n) is 11.2. The summed E-state index contributed by atoms with van der Waals surface area (Å²) in [7, 11) is 0. The lowest BCUT2D eigenvalue weighted by molar-refractivity contribution is -0.0925. The summed E-state index contributed by atoms with van der Waals surface area (Å²) in [4.78, 5) is 0. The minimum atomic E-state index is -0.261. The van der Waals surface area contributed by atoms with Crippen molar-refractivity contribution in [3.8, 4) is 0 Å². The Kier molecular flexibility index (Phi) is 6.78. The zero-order chi connectivity index (χ0) is 20.5. The molecule has 0 bridgehead atoms. The molecule has 0 saturated heterocycles. The molecular formula is C23H40N2O2S. The normalized spacial score (nSPS) is 43.5. The van der Waals surface area contributed by atoms with Crippen LogP contribution in [0.3, 0.4) is 0 Å². The van der Waals surface area contributed by atoms with Gasteiger partial charge in [-0.3, -0.25) is 0 Å². The largest absolute Gasteiger partial charge is 0.396 e. The highest BCUT2D eigenvalue weighted by Crippen LogP contribution is 2.63. The lowest BCUT2D eigenvalue weighted by Gasteiger charge is -2.56. The number of nitrogens with one attached hydrogen (secondary N) is 2. The number of aliphatic hydroxyl groups excluding tert-OH is 2. The highest BCUT2D eigenvalue weighted by Gasteiger charge is 2.56. The molecule has 7 atom stereocenters. The van der Waals surface area contributed by atoms with Crippen molar-refractivity contribution in [3.63, 3.8) is 0 Å². The van der Waals surface area contributed by atoms with Crippen LogP contribution in [0.25, 0.3) is 0 Å². The van der Waals surface area contributed by atoms with Crippen molar-refractivity contribution in [2.75, 3.05) is 19.7 Å². The Morgan fingerprint density at radius 1 is 1.18 bits per heavy atom. The number of fused-ring (bicyclic) bond motifs is 1. The molecule has 0 aromatic heterocycles. The third-order valence-corrected chi connectivity index (χ3v) is 9.09. The second kappa shape index (κ2) is 8.61. The molecule has 3 aliphatic carbocycles. The van der Waals surface area contributed by atoms with Gasteiger partial charge in [-0.05, 0) is 98.6 Å². The molecule has 0 amide bonds. The average Bonchev–Trinajstić information content (AvgIpc) is 2.97. The summed E-state index contributed by atoms with van der Waals surface area (Å²) in [5.74, 6) is 1.86.